The molecule has 0 amide bonds. The second-order valence-corrected chi connectivity index (χ2v) is 5.62. The molecule has 1 unspecified atom stereocenters. The minimum Gasteiger partial charge on any atom is -0.452 e. The molecular weight excluding hydrogens is 335 g/mol. The predicted molar refractivity (Wildman–Crippen MR) is 84.5 cm³/mol. The molecule has 2 N–H and O–H groups in total. The summed E-state index contributed by atoms with van der Waals surface area (Å²) < 4.78 is 44.3. The summed E-state index contributed by atoms with van der Waals surface area (Å²) in [4.78, 5) is 0. The van der Waals surface area contributed by atoms with Gasteiger partial charge >= 0.3 is 6.18 Å². The summed E-state index contributed by atoms with van der Waals surface area (Å²) in [6, 6.07) is 14.3. The lowest BCUT2D eigenvalue weighted by Gasteiger charge is -2.33. The minimum absolute atomic E-state index is 0.0533. The van der Waals surface area contributed by atoms with Crippen LogP contribution in [0.3, 0.4) is 0 Å². The summed E-state index contributed by atoms with van der Waals surface area (Å²) in [7, 11) is 0. The zero-order valence-electron chi connectivity index (χ0n) is 12.9. The highest BCUT2D eigenvalue weighted by atomic mass is 19.4. The van der Waals surface area contributed by atoms with Crippen molar-refractivity contribution in [3.8, 4) is 5.75 Å². The summed E-state index contributed by atoms with van der Waals surface area (Å²) in [5.41, 5.74) is -1.32. The number of alkyl halides is 3. The van der Waals surface area contributed by atoms with Crippen LogP contribution in [0.25, 0.3) is 0 Å². The van der Waals surface area contributed by atoms with Gasteiger partial charge in [-0.2, -0.15) is 13.2 Å². The first kappa shape index (κ1) is 17.0. The van der Waals surface area contributed by atoms with Gasteiger partial charge in [-0.15, -0.1) is 0 Å². The van der Waals surface area contributed by atoms with Gasteiger partial charge in [-0.3, -0.25) is 0 Å². The third kappa shape index (κ3) is 3.36. The van der Waals surface area contributed by atoms with Crippen molar-refractivity contribution in [2.24, 2.45) is 5.16 Å². The van der Waals surface area contributed by atoms with E-state index in [-0.39, 0.29) is 23.4 Å². The molecule has 2 aromatic carbocycles. The van der Waals surface area contributed by atoms with E-state index in [0.29, 0.717) is 11.6 Å². The first-order chi connectivity index (χ1) is 11.8. The molecule has 0 saturated heterocycles. The Morgan fingerprint density at radius 2 is 1.68 bits per heavy atom. The van der Waals surface area contributed by atoms with Gasteiger partial charge in [-0.1, -0.05) is 53.7 Å². The maximum atomic E-state index is 13.1. The van der Waals surface area contributed by atoms with Gasteiger partial charge in [0.2, 0.25) is 5.76 Å². The SMILES string of the molecule is O/N=C(/CC1(O)C=C(C(F)(F)F)Oc2ccccc21)c1ccccc1. The molecule has 25 heavy (non-hydrogen) atoms. The van der Waals surface area contributed by atoms with E-state index in [1.54, 1.807) is 36.4 Å². The summed E-state index contributed by atoms with van der Waals surface area (Å²) in [5.74, 6) is -1.40. The molecular formula is C18H14F3NO3. The third-order valence-corrected chi connectivity index (χ3v) is 3.89. The number of para-hydroxylation sites is 1. The third-order valence-electron chi connectivity index (χ3n) is 3.89. The smallest absolute Gasteiger partial charge is 0.449 e. The number of rotatable bonds is 3. The van der Waals surface area contributed by atoms with Crippen molar-refractivity contribution >= 4 is 5.71 Å². The number of allylic oxidation sites excluding steroid dienone is 1. The number of oxime groups is 1. The Hall–Kier alpha value is -2.80. The van der Waals surface area contributed by atoms with Gasteiger partial charge in [-0.05, 0) is 11.6 Å². The van der Waals surface area contributed by atoms with Crippen LogP contribution in [-0.2, 0) is 5.60 Å². The Balaban J connectivity index is 2.07. The van der Waals surface area contributed by atoms with Crippen LogP contribution in [-0.4, -0.2) is 22.2 Å². The van der Waals surface area contributed by atoms with Crippen LogP contribution >= 0.6 is 0 Å². The Bertz CT molecular complexity index is 831. The second kappa shape index (κ2) is 6.25. The van der Waals surface area contributed by atoms with Crippen LogP contribution in [0.4, 0.5) is 13.2 Å². The molecule has 1 aliphatic rings. The van der Waals surface area contributed by atoms with Crippen LogP contribution in [0, 0.1) is 0 Å². The van der Waals surface area contributed by atoms with Crippen LogP contribution < -0.4 is 4.74 Å². The maximum absolute atomic E-state index is 13.1. The molecule has 0 bridgehead atoms. The van der Waals surface area contributed by atoms with Crippen molar-refractivity contribution in [2.75, 3.05) is 0 Å². The van der Waals surface area contributed by atoms with E-state index in [2.05, 4.69) is 5.16 Å². The Kier molecular flexibility index (Phi) is 4.26. The largest absolute Gasteiger partial charge is 0.452 e. The fourth-order valence-electron chi connectivity index (χ4n) is 2.72. The van der Waals surface area contributed by atoms with E-state index < -0.39 is 17.5 Å². The molecule has 3 rings (SSSR count). The van der Waals surface area contributed by atoms with Gasteiger partial charge in [0.1, 0.15) is 11.4 Å². The molecule has 1 atom stereocenters. The van der Waals surface area contributed by atoms with Gasteiger partial charge in [-0.25, -0.2) is 0 Å². The van der Waals surface area contributed by atoms with Crippen molar-refractivity contribution in [2.45, 2.75) is 18.2 Å². The zero-order chi connectivity index (χ0) is 18.1. The minimum atomic E-state index is -4.76. The van der Waals surface area contributed by atoms with E-state index in [1.807, 2.05) is 0 Å². The summed E-state index contributed by atoms with van der Waals surface area (Å²) in [5, 5.41) is 23.4. The topological polar surface area (TPSA) is 62.1 Å². The molecule has 1 heterocycles. The Labute approximate surface area is 141 Å². The number of nitrogens with zero attached hydrogens (tertiary/aromatic N) is 1. The van der Waals surface area contributed by atoms with Gasteiger partial charge < -0.3 is 15.1 Å². The zero-order valence-corrected chi connectivity index (χ0v) is 12.9. The first-order valence-corrected chi connectivity index (χ1v) is 7.39. The highest BCUT2D eigenvalue weighted by Gasteiger charge is 2.45. The van der Waals surface area contributed by atoms with Crippen molar-refractivity contribution in [1.82, 2.24) is 0 Å². The van der Waals surface area contributed by atoms with E-state index >= 15 is 0 Å². The van der Waals surface area contributed by atoms with Crippen molar-refractivity contribution < 1.29 is 28.2 Å². The molecule has 0 fully saturated rings. The van der Waals surface area contributed by atoms with Gasteiger partial charge in [0.25, 0.3) is 0 Å². The van der Waals surface area contributed by atoms with Crippen LogP contribution in [0.15, 0.2) is 71.6 Å². The lowest BCUT2D eigenvalue weighted by molar-refractivity contribution is -0.121. The fraction of sp³-hybridized carbons (Fsp3) is 0.167. The van der Waals surface area contributed by atoms with Crippen LogP contribution in [0.2, 0.25) is 0 Å². The normalized spacial score (nSPS) is 20.5. The van der Waals surface area contributed by atoms with Gasteiger partial charge in [0.15, 0.2) is 0 Å². The molecule has 1 aliphatic heterocycles. The highest BCUT2D eigenvalue weighted by Crippen LogP contribution is 2.43. The molecule has 0 aromatic heterocycles. The van der Waals surface area contributed by atoms with E-state index in [0.717, 1.165) is 0 Å². The van der Waals surface area contributed by atoms with E-state index in [4.69, 9.17) is 4.74 Å². The number of hydrogen-bond acceptors (Lipinski definition) is 4. The van der Waals surface area contributed by atoms with Crippen LogP contribution in [0.1, 0.15) is 17.5 Å². The molecule has 0 aliphatic carbocycles. The number of aliphatic hydroxyl groups is 1. The molecule has 0 radical (unpaired) electrons. The lowest BCUT2D eigenvalue weighted by atomic mass is 9.84. The second-order valence-electron chi connectivity index (χ2n) is 5.62. The first-order valence-electron chi connectivity index (χ1n) is 7.39. The van der Waals surface area contributed by atoms with Crippen molar-refractivity contribution in [1.29, 1.82) is 0 Å². The van der Waals surface area contributed by atoms with Crippen LogP contribution in [0.5, 0.6) is 5.75 Å². The van der Waals surface area contributed by atoms with Gasteiger partial charge in [0, 0.05) is 18.1 Å². The Morgan fingerprint density at radius 1 is 1.04 bits per heavy atom. The molecule has 0 saturated carbocycles. The maximum Gasteiger partial charge on any atom is 0.449 e. The fourth-order valence-corrected chi connectivity index (χ4v) is 2.72. The van der Waals surface area contributed by atoms with Gasteiger partial charge in [0.05, 0.1) is 5.71 Å². The highest BCUT2D eigenvalue weighted by molar-refractivity contribution is 6.01. The summed E-state index contributed by atoms with van der Waals surface area (Å²) in [6.07, 6.45) is -4.50. The number of benzene rings is 2. The molecule has 2 aromatic rings. The number of halogens is 3. The average Bonchev–Trinajstić information content (AvgIpc) is 2.60. The quantitative estimate of drug-likeness (QED) is 0.500. The van der Waals surface area contributed by atoms with Crippen molar-refractivity contribution in [3.63, 3.8) is 0 Å². The lowest BCUT2D eigenvalue weighted by Crippen LogP contribution is -2.34. The number of fused-ring (bicyclic) bond motifs is 1. The number of ether oxygens (including phenoxy) is 1. The number of hydrogen-bond donors (Lipinski definition) is 2. The molecule has 4 nitrogen and oxygen atoms in total. The van der Waals surface area contributed by atoms with E-state index in [1.165, 1.54) is 18.2 Å². The monoisotopic (exact) mass is 349 g/mol. The standard InChI is InChI=1S/C18H14F3NO3/c19-18(20,21)16-11-17(23,13-8-4-5-9-15(13)25-16)10-14(22-24)12-6-2-1-3-7-12/h1-9,11,23-24H,10H2/b22-14-. The predicted octanol–water partition coefficient (Wildman–Crippen LogP) is 3.98. The molecule has 7 heteroatoms. The summed E-state index contributed by atoms with van der Waals surface area (Å²) >= 11 is 0. The molecule has 130 valence electrons. The molecule has 0 spiro atoms. The van der Waals surface area contributed by atoms with Crippen molar-refractivity contribution in [3.05, 3.63) is 77.6 Å². The summed E-state index contributed by atoms with van der Waals surface area (Å²) in [6.45, 7) is 0. The average molecular weight is 349 g/mol. The van der Waals surface area contributed by atoms with E-state index in [9.17, 15) is 23.5 Å². The Morgan fingerprint density at radius 3 is 2.32 bits per heavy atom.